The number of halogens is 3. The zero-order valence-corrected chi connectivity index (χ0v) is 13.4. The van der Waals surface area contributed by atoms with Crippen LogP contribution in [0, 0.1) is 20.8 Å². The van der Waals surface area contributed by atoms with Gasteiger partial charge < -0.3 is 10.2 Å². The van der Waals surface area contributed by atoms with Gasteiger partial charge in [-0.3, -0.25) is 0 Å². The molecule has 1 rings (SSSR count). The van der Waals surface area contributed by atoms with Crippen LogP contribution in [0.1, 0.15) is 34.7 Å². The lowest BCUT2D eigenvalue weighted by molar-refractivity contribution is -0.137. The molecule has 2 nitrogen and oxygen atoms in total. The number of alkyl halides is 3. The van der Waals surface area contributed by atoms with E-state index >= 15 is 0 Å². The summed E-state index contributed by atoms with van der Waals surface area (Å²) in [5.74, 6) is 0. The van der Waals surface area contributed by atoms with E-state index in [2.05, 4.69) is 31.3 Å². The number of nitrogens with one attached hydrogen (secondary N) is 1. The smallest absolute Gasteiger partial charge is 0.312 e. The standard InChI is InChI=1S/C16H25F3N2/c1-11-8-12(2)15(13(3)9-11)14(20-4)10-21(5)7-6-16(17,18)19/h8-9,14,20H,6-7,10H2,1-5H3. The van der Waals surface area contributed by atoms with E-state index in [1.807, 2.05) is 14.0 Å². The van der Waals surface area contributed by atoms with Gasteiger partial charge in [0.05, 0.1) is 6.42 Å². The van der Waals surface area contributed by atoms with Crippen molar-refractivity contribution in [2.45, 2.75) is 39.4 Å². The number of nitrogens with zero attached hydrogens (tertiary/aromatic N) is 1. The van der Waals surface area contributed by atoms with Crippen molar-refractivity contribution >= 4 is 0 Å². The first-order chi connectivity index (χ1) is 9.64. The molecule has 1 aromatic carbocycles. The molecule has 0 saturated heterocycles. The van der Waals surface area contributed by atoms with Crippen LogP contribution in [-0.2, 0) is 0 Å². The van der Waals surface area contributed by atoms with Gasteiger partial charge in [-0.2, -0.15) is 13.2 Å². The van der Waals surface area contributed by atoms with Crippen LogP contribution in [0.5, 0.6) is 0 Å². The van der Waals surface area contributed by atoms with Gasteiger partial charge in [0.15, 0.2) is 0 Å². The highest BCUT2D eigenvalue weighted by molar-refractivity contribution is 5.39. The van der Waals surface area contributed by atoms with Crippen LogP contribution in [0.15, 0.2) is 12.1 Å². The van der Waals surface area contributed by atoms with Gasteiger partial charge >= 0.3 is 6.18 Å². The molecule has 0 aliphatic heterocycles. The highest BCUT2D eigenvalue weighted by Crippen LogP contribution is 2.25. The Morgan fingerprint density at radius 1 is 1.14 bits per heavy atom. The van der Waals surface area contributed by atoms with E-state index in [1.54, 1.807) is 11.9 Å². The molecule has 5 heteroatoms. The van der Waals surface area contributed by atoms with Crippen molar-refractivity contribution in [1.82, 2.24) is 10.2 Å². The lowest BCUT2D eigenvalue weighted by Gasteiger charge is -2.27. The van der Waals surface area contributed by atoms with Gasteiger partial charge in [-0.05, 0) is 51.6 Å². The van der Waals surface area contributed by atoms with Gasteiger partial charge in [0.25, 0.3) is 0 Å². The lowest BCUT2D eigenvalue weighted by atomic mass is 9.94. The van der Waals surface area contributed by atoms with Crippen LogP contribution < -0.4 is 5.32 Å². The summed E-state index contributed by atoms with van der Waals surface area (Å²) in [5.41, 5.74) is 4.74. The topological polar surface area (TPSA) is 15.3 Å². The Morgan fingerprint density at radius 2 is 1.67 bits per heavy atom. The summed E-state index contributed by atoms with van der Waals surface area (Å²) in [4.78, 5) is 1.73. The first-order valence-electron chi connectivity index (χ1n) is 7.14. The maximum atomic E-state index is 12.3. The largest absolute Gasteiger partial charge is 0.390 e. The monoisotopic (exact) mass is 302 g/mol. The second-order valence-corrected chi connectivity index (χ2v) is 5.78. The summed E-state index contributed by atoms with van der Waals surface area (Å²) in [5, 5.41) is 3.22. The Kier molecular flexibility index (Phi) is 6.23. The minimum Gasteiger partial charge on any atom is -0.312 e. The molecule has 1 N–H and O–H groups in total. The fourth-order valence-electron chi connectivity index (χ4n) is 2.79. The van der Waals surface area contributed by atoms with Crippen LogP contribution in [0.3, 0.4) is 0 Å². The van der Waals surface area contributed by atoms with E-state index in [0.29, 0.717) is 6.54 Å². The van der Waals surface area contributed by atoms with Crippen molar-refractivity contribution in [1.29, 1.82) is 0 Å². The molecule has 0 aliphatic carbocycles. The molecular weight excluding hydrogens is 277 g/mol. The van der Waals surface area contributed by atoms with E-state index in [-0.39, 0.29) is 12.6 Å². The van der Waals surface area contributed by atoms with Crippen molar-refractivity contribution in [3.8, 4) is 0 Å². The minimum absolute atomic E-state index is 0.0195. The van der Waals surface area contributed by atoms with E-state index in [0.717, 1.165) is 0 Å². The highest BCUT2D eigenvalue weighted by Gasteiger charge is 2.27. The van der Waals surface area contributed by atoms with Gasteiger partial charge in [-0.1, -0.05) is 17.7 Å². The maximum absolute atomic E-state index is 12.3. The number of hydrogen-bond donors (Lipinski definition) is 1. The molecule has 0 fully saturated rings. The lowest BCUT2D eigenvalue weighted by Crippen LogP contribution is -2.34. The quantitative estimate of drug-likeness (QED) is 0.861. The number of aryl methyl sites for hydroxylation is 3. The molecule has 21 heavy (non-hydrogen) atoms. The van der Waals surface area contributed by atoms with Crippen LogP contribution >= 0.6 is 0 Å². The predicted octanol–water partition coefficient (Wildman–Crippen LogP) is 3.76. The van der Waals surface area contributed by atoms with E-state index in [4.69, 9.17) is 0 Å². The molecule has 1 aromatic rings. The maximum Gasteiger partial charge on any atom is 0.390 e. The number of benzene rings is 1. The minimum atomic E-state index is -4.10. The highest BCUT2D eigenvalue weighted by atomic mass is 19.4. The second-order valence-electron chi connectivity index (χ2n) is 5.78. The summed E-state index contributed by atoms with van der Waals surface area (Å²) in [6.45, 7) is 6.72. The van der Waals surface area contributed by atoms with Crippen molar-refractivity contribution in [3.63, 3.8) is 0 Å². The molecule has 1 atom stereocenters. The molecule has 0 heterocycles. The normalized spacial score (nSPS) is 13.8. The van der Waals surface area contributed by atoms with Crippen LogP contribution in [-0.4, -0.2) is 38.3 Å². The van der Waals surface area contributed by atoms with Gasteiger partial charge in [-0.25, -0.2) is 0 Å². The van der Waals surface area contributed by atoms with E-state index in [9.17, 15) is 13.2 Å². The molecule has 0 saturated carbocycles. The number of hydrogen-bond acceptors (Lipinski definition) is 2. The first-order valence-corrected chi connectivity index (χ1v) is 7.14. The number of rotatable bonds is 6. The molecule has 0 aromatic heterocycles. The fraction of sp³-hybridized carbons (Fsp3) is 0.625. The van der Waals surface area contributed by atoms with Gasteiger partial charge in [0.1, 0.15) is 0 Å². The Labute approximate surface area is 125 Å². The third-order valence-corrected chi connectivity index (χ3v) is 3.71. The SMILES string of the molecule is CNC(CN(C)CCC(F)(F)F)c1c(C)cc(C)cc1C. The fourth-order valence-corrected chi connectivity index (χ4v) is 2.79. The van der Waals surface area contributed by atoms with Gasteiger partial charge in [0, 0.05) is 19.1 Å². The van der Waals surface area contributed by atoms with E-state index < -0.39 is 12.6 Å². The van der Waals surface area contributed by atoms with Crippen molar-refractivity contribution in [3.05, 3.63) is 34.4 Å². The molecule has 120 valence electrons. The molecule has 0 amide bonds. The Bertz CT molecular complexity index is 446. The summed E-state index contributed by atoms with van der Waals surface area (Å²) >= 11 is 0. The molecule has 1 unspecified atom stereocenters. The molecule has 0 radical (unpaired) electrons. The van der Waals surface area contributed by atoms with Crippen LogP contribution in [0.2, 0.25) is 0 Å². The Morgan fingerprint density at radius 3 is 2.10 bits per heavy atom. The van der Waals surface area contributed by atoms with Crippen LogP contribution in [0.25, 0.3) is 0 Å². The van der Waals surface area contributed by atoms with Gasteiger partial charge in [-0.15, -0.1) is 0 Å². The van der Waals surface area contributed by atoms with Gasteiger partial charge in [0.2, 0.25) is 0 Å². The average molecular weight is 302 g/mol. The third-order valence-electron chi connectivity index (χ3n) is 3.71. The summed E-state index contributed by atoms with van der Waals surface area (Å²) in [6.07, 6.45) is -4.87. The second kappa shape index (κ2) is 7.27. The van der Waals surface area contributed by atoms with Crippen molar-refractivity contribution in [2.75, 3.05) is 27.2 Å². The first kappa shape index (κ1) is 18.0. The molecular formula is C16H25F3N2. The zero-order chi connectivity index (χ0) is 16.2. The number of likely N-dealkylation sites (N-methyl/N-ethyl adjacent to an activating group) is 2. The molecule has 0 bridgehead atoms. The average Bonchev–Trinajstić information content (AvgIpc) is 2.33. The van der Waals surface area contributed by atoms with Crippen molar-refractivity contribution in [2.24, 2.45) is 0 Å². The van der Waals surface area contributed by atoms with Crippen molar-refractivity contribution < 1.29 is 13.2 Å². The van der Waals surface area contributed by atoms with E-state index in [1.165, 1.54) is 22.3 Å². The molecule has 0 aliphatic rings. The summed E-state index contributed by atoms with van der Waals surface area (Å²) < 4.78 is 36.9. The Balaban J connectivity index is 2.80. The zero-order valence-electron chi connectivity index (χ0n) is 13.4. The Hall–Kier alpha value is -1.07. The predicted molar refractivity (Wildman–Crippen MR) is 80.6 cm³/mol. The van der Waals surface area contributed by atoms with Crippen LogP contribution in [0.4, 0.5) is 13.2 Å². The summed E-state index contributed by atoms with van der Waals surface area (Å²) in [7, 11) is 3.58. The third kappa shape index (κ3) is 5.67. The summed E-state index contributed by atoms with van der Waals surface area (Å²) in [6, 6.07) is 4.26. The molecule has 0 spiro atoms.